The molecule has 3 rings (SSSR count). The monoisotopic (exact) mass is 281 g/mol. The van der Waals surface area contributed by atoms with Crippen molar-refractivity contribution in [1.82, 2.24) is 10.2 Å². The molecule has 0 saturated carbocycles. The second kappa shape index (κ2) is 7.58. The Balaban J connectivity index is 0.000000774. The van der Waals surface area contributed by atoms with E-state index < -0.39 is 0 Å². The number of nitrogens with one attached hydrogen (secondary N) is 1. The topological polar surface area (TPSA) is 41.0 Å². The lowest BCUT2D eigenvalue weighted by atomic mass is 10.0. The van der Waals surface area contributed by atoms with E-state index in [2.05, 4.69) is 52.5 Å². The summed E-state index contributed by atoms with van der Waals surface area (Å²) in [5, 5.41) is 8.20. The van der Waals surface area contributed by atoms with Gasteiger partial charge in [0.15, 0.2) is 0 Å². The van der Waals surface area contributed by atoms with Crippen LogP contribution in [-0.4, -0.2) is 15.9 Å². The van der Waals surface area contributed by atoms with Crippen LogP contribution in [0.5, 0.6) is 0 Å². The van der Waals surface area contributed by atoms with Gasteiger partial charge in [-0.1, -0.05) is 38.1 Å². The van der Waals surface area contributed by atoms with Crippen molar-refractivity contribution in [3.05, 3.63) is 48.3 Å². The summed E-state index contributed by atoms with van der Waals surface area (Å²) in [6.07, 6.45) is 11.6. The Morgan fingerprint density at radius 1 is 1.19 bits per heavy atom. The molecule has 0 radical (unpaired) electrons. The highest BCUT2D eigenvalue weighted by molar-refractivity contribution is 5.87. The lowest BCUT2D eigenvalue weighted by Crippen LogP contribution is -1.88. The van der Waals surface area contributed by atoms with Gasteiger partial charge in [-0.3, -0.25) is 10.1 Å². The summed E-state index contributed by atoms with van der Waals surface area (Å²) in [5.41, 5.74) is 4.58. The van der Waals surface area contributed by atoms with Gasteiger partial charge < -0.3 is 0 Å². The van der Waals surface area contributed by atoms with Crippen molar-refractivity contribution in [2.75, 3.05) is 0 Å². The standard InChI is InChI=1S/C16H17N3.C2H6/c1-12-5-3-2-4-6-14(10-17-12)13-7-8-15-11-18-19-16(15)9-13;1-2/h4,6-11H,2-3,5H2,1H3,(H,18,19);1-2H3/b6-4-,14-10+,17-12?;. The zero-order chi connectivity index (χ0) is 15.1. The molecule has 110 valence electrons. The van der Waals surface area contributed by atoms with Crippen molar-refractivity contribution in [1.29, 1.82) is 0 Å². The van der Waals surface area contributed by atoms with Gasteiger partial charge in [-0.15, -0.1) is 0 Å². The van der Waals surface area contributed by atoms with Crippen LogP contribution in [0.4, 0.5) is 0 Å². The van der Waals surface area contributed by atoms with Crippen LogP contribution < -0.4 is 0 Å². The molecule has 0 fully saturated rings. The number of aromatic nitrogens is 2. The van der Waals surface area contributed by atoms with Crippen molar-refractivity contribution in [3.8, 4) is 0 Å². The smallest absolute Gasteiger partial charge is 0.0656 e. The van der Waals surface area contributed by atoms with E-state index in [4.69, 9.17) is 0 Å². The predicted molar refractivity (Wildman–Crippen MR) is 91.5 cm³/mol. The van der Waals surface area contributed by atoms with Gasteiger partial charge in [-0.05, 0) is 43.4 Å². The second-order valence-electron chi connectivity index (χ2n) is 4.92. The maximum absolute atomic E-state index is 4.55. The number of hydrogen-bond donors (Lipinski definition) is 1. The average Bonchev–Trinajstić information content (AvgIpc) is 3.01. The van der Waals surface area contributed by atoms with Gasteiger partial charge in [-0.2, -0.15) is 5.10 Å². The third kappa shape index (κ3) is 3.91. The van der Waals surface area contributed by atoms with Crippen molar-refractivity contribution >= 4 is 22.2 Å². The largest absolute Gasteiger partial charge is 0.278 e. The van der Waals surface area contributed by atoms with Gasteiger partial charge in [0.05, 0.1) is 11.7 Å². The van der Waals surface area contributed by atoms with Crippen LogP contribution in [-0.2, 0) is 0 Å². The summed E-state index contributed by atoms with van der Waals surface area (Å²) >= 11 is 0. The number of aliphatic imine (C=N–C) groups is 1. The van der Waals surface area contributed by atoms with E-state index in [9.17, 15) is 0 Å². The number of allylic oxidation sites excluding steroid dienone is 3. The minimum Gasteiger partial charge on any atom is -0.278 e. The maximum atomic E-state index is 4.55. The van der Waals surface area contributed by atoms with E-state index in [1.807, 2.05) is 26.2 Å². The number of rotatable bonds is 1. The summed E-state index contributed by atoms with van der Waals surface area (Å²) in [5.74, 6) is 0. The first-order valence-electron chi connectivity index (χ1n) is 7.66. The summed E-state index contributed by atoms with van der Waals surface area (Å²) in [6.45, 7) is 6.09. The highest BCUT2D eigenvalue weighted by Crippen LogP contribution is 2.22. The van der Waals surface area contributed by atoms with E-state index in [0.717, 1.165) is 29.3 Å². The molecule has 21 heavy (non-hydrogen) atoms. The van der Waals surface area contributed by atoms with Gasteiger partial charge >= 0.3 is 0 Å². The Bertz CT molecular complexity index is 675. The van der Waals surface area contributed by atoms with Crippen LogP contribution in [0, 0.1) is 0 Å². The number of aromatic amines is 1. The molecular weight excluding hydrogens is 258 g/mol. The molecular formula is C18H23N3. The minimum atomic E-state index is 1.06. The first-order valence-corrected chi connectivity index (χ1v) is 7.66. The minimum absolute atomic E-state index is 1.06. The molecule has 0 amide bonds. The summed E-state index contributed by atoms with van der Waals surface area (Å²) in [7, 11) is 0. The zero-order valence-corrected chi connectivity index (χ0v) is 13.1. The number of nitrogens with zero attached hydrogens (tertiary/aromatic N) is 2. The molecule has 0 spiro atoms. The first kappa shape index (κ1) is 15.2. The van der Waals surface area contributed by atoms with Crippen LogP contribution in [0.1, 0.15) is 45.6 Å². The van der Waals surface area contributed by atoms with Crippen LogP contribution in [0.3, 0.4) is 0 Å². The van der Waals surface area contributed by atoms with Crippen molar-refractivity contribution in [2.45, 2.75) is 40.0 Å². The summed E-state index contributed by atoms with van der Waals surface area (Å²) < 4.78 is 0. The van der Waals surface area contributed by atoms with E-state index >= 15 is 0 Å². The fraction of sp³-hybridized carbons (Fsp3) is 0.333. The van der Waals surface area contributed by atoms with Crippen molar-refractivity contribution in [2.24, 2.45) is 4.99 Å². The highest BCUT2D eigenvalue weighted by Gasteiger charge is 2.03. The molecule has 3 nitrogen and oxygen atoms in total. The molecule has 1 aromatic heterocycles. The number of fused-ring (bicyclic) bond motifs is 1. The Morgan fingerprint density at radius 2 is 2.05 bits per heavy atom. The Morgan fingerprint density at radius 3 is 2.90 bits per heavy atom. The molecule has 2 heterocycles. The number of H-pyrrole nitrogens is 1. The van der Waals surface area contributed by atoms with Crippen LogP contribution in [0.2, 0.25) is 0 Å². The lowest BCUT2D eigenvalue weighted by molar-refractivity contribution is 0.892. The SMILES string of the molecule is CC.CC1=N/C=C(c2ccc3cn[nH]c3c2)\C=C/CCC1. The molecule has 1 aromatic carbocycles. The van der Waals surface area contributed by atoms with Gasteiger partial charge in [0.2, 0.25) is 0 Å². The maximum Gasteiger partial charge on any atom is 0.0656 e. The summed E-state index contributed by atoms with van der Waals surface area (Å²) in [4.78, 5) is 4.55. The van der Waals surface area contributed by atoms with Crippen LogP contribution >= 0.6 is 0 Å². The highest BCUT2D eigenvalue weighted by atomic mass is 15.1. The Hall–Kier alpha value is -2.16. The van der Waals surface area contributed by atoms with E-state index in [1.54, 1.807) is 0 Å². The van der Waals surface area contributed by atoms with Gasteiger partial charge in [0, 0.05) is 17.3 Å². The fourth-order valence-electron chi connectivity index (χ4n) is 2.26. The number of hydrogen-bond acceptors (Lipinski definition) is 2. The molecule has 0 bridgehead atoms. The van der Waals surface area contributed by atoms with Crippen molar-refractivity contribution in [3.63, 3.8) is 0 Å². The van der Waals surface area contributed by atoms with Gasteiger partial charge in [0.25, 0.3) is 0 Å². The third-order valence-electron chi connectivity index (χ3n) is 3.41. The second-order valence-corrected chi connectivity index (χ2v) is 4.92. The molecule has 0 unspecified atom stereocenters. The lowest BCUT2D eigenvalue weighted by Gasteiger charge is -2.02. The molecule has 1 aliphatic rings. The first-order chi connectivity index (χ1) is 10.3. The van der Waals surface area contributed by atoms with E-state index in [-0.39, 0.29) is 0 Å². The molecule has 0 saturated heterocycles. The van der Waals surface area contributed by atoms with E-state index in [0.29, 0.717) is 0 Å². The number of benzene rings is 1. The van der Waals surface area contributed by atoms with E-state index in [1.165, 1.54) is 17.7 Å². The normalized spacial score (nSPS) is 19.2. The van der Waals surface area contributed by atoms with Gasteiger partial charge in [0.1, 0.15) is 0 Å². The molecule has 2 aromatic rings. The summed E-state index contributed by atoms with van der Waals surface area (Å²) in [6, 6.07) is 6.34. The van der Waals surface area contributed by atoms with Gasteiger partial charge in [-0.25, -0.2) is 0 Å². The molecule has 1 aliphatic heterocycles. The Kier molecular flexibility index (Phi) is 5.50. The fourth-order valence-corrected chi connectivity index (χ4v) is 2.26. The Labute approximate surface area is 126 Å². The predicted octanol–water partition coefficient (Wildman–Crippen LogP) is 5.13. The van der Waals surface area contributed by atoms with Crippen molar-refractivity contribution < 1.29 is 0 Å². The molecule has 3 heteroatoms. The average molecular weight is 281 g/mol. The molecule has 0 aliphatic carbocycles. The molecule has 1 N–H and O–H groups in total. The van der Waals surface area contributed by atoms with Crippen LogP contribution in [0.25, 0.3) is 16.5 Å². The third-order valence-corrected chi connectivity index (χ3v) is 3.41. The molecule has 0 atom stereocenters. The zero-order valence-electron chi connectivity index (χ0n) is 13.1. The quantitative estimate of drug-likeness (QED) is 0.773. The van der Waals surface area contributed by atoms with Crippen LogP contribution in [0.15, 0.2) is 47.7 Å².